The highest BCUT2D eigenvalue weighted by atomic mass is 35.5. The zero-order chi connectivity index (χ0) is 26.5. The molecule has 1 fully saturated rings. The Morgan fingerprint density at radius 1 is 1.14 bits per heavy atom. The van der Waals surface area contributed by atoms with E-state index in [0.29, 0.717) is 28.3 Å². The minimum Gasteiger partial charge on any atom is -0.352 e. The summed E-state index contributed by atoms with van der Waals surface area (Å²) in [4.78, 5) is 28.3. The molecule has 0 saturated heterocycles. The number of halogens is 2. The van der Waals surface area contributed by atoms with Gasteiger partial charge in [0.2, 0.25) is 21.8 Å². The SMILES string of the molecule is CCC(C(=O)NC1CCCC1)N(Cc1ccc(F)cc1)C(=O)CN(c1ccc(Cl)cc1C)S(C)(=O)=O. The molecular weight excluding hydrogens is 505 g/mol. The lowest BCUT2D eigenvalue weighted by Crippen LogP contribution is -2.53. The molecule has 10 heteroatoms. The fraction of sp³-hybridized carbons (Fsp3) is 0.462. The van der Waals surface area contributed by atoms with E-state index in [1.807, 2.05) is 6.92 Å². The second-order valence-corrected chi connectivity index (χ2v) is 11.6. The Morgan fingerprint density at radius 3 is 2.33 bits per heavy atom. The van der Waals surface area contributed by atoms with Crippen LogP contribution in [0.3, 0.4) is 0 Å². The maximum absolute atomic E-state index is 13.7. The number of rotatable bonds is 10. The molecule has 0 bridgehead atoms. The molecule has 0 heterocycles. The van der Waals surface area contributed by atoms with Crippen molar-refractivity contribution in [2.24, 2.45) is 0 Å². The highest BCUT2D eigenvalue weighted by Gasteiger charge is 2.33. The smallest absolute Gasteiger partial charge is 0.244 e. The van der Waals surface area contributed by atoms with E-state index in [2.05, 4.69) is 5.32 Å². The molecule has 36 heavy (non-hydrogen) atoms. The maximum Gasteiger partial charge on any atom is 0.244 e. The van der Waals surface area contributed by atoms with E-state index in [-0.39, 0.29) is 18.5 Å². The summed E-state index contributed by atoms with van der Waals surface area (Å²) in [5.74, 6) is -1.22. The number of carbonyl (C=O) groups is 2. The fourth-order valence-corrected chi connectivity index (χ4v) is 5.70. The van der Waals surface area contributed by atoms with Crippen LogP contribution in [0.25, 0.3) is 0 Å². The van der Waals surface area contributed by atoms with E-state index in [9.17, 15) is 22.4 Å². The molecule has 0 aliphatic heterocycles. The third-order valence-electron chi connectivity index (χ3n) is 6.46. The van der Waals surface area contributed by atoms with E-state index >= 15 is 0 Å². The van der Waals surface area contributed by atoms with E-state index in [1.54, 1.807) is 37.3 Å². The Balaban J connectivity index is 1.93. The lowest BCUT2D eigenvalue weighted by molar-refractivity contribution is -0.140. The van der Waals surface area contributed by atoms with Crippen molar-refractivity contribution in [3.05, 3.63) is 64.4 Å². The zero-order valence-electron chi connectivity index (χ0n) is 20.8. The summed E-state index contributed by atoms with van der Waals surface area (Å²) < 4.78 is 40.0. The summed E-state index contributed by atoms with van der Waals surface area (Å²) in [5, 5.41) is 3.50. The van der Waals surface area contributed by atoms with Gasteiger partial charge in [-0.05, 0) is 67.6 Å². The molecule has 196 valence electrons. The summed E-state index contributed by atoms with van der Waals surface area (Å²) in [6.45, 7) is 3.06. The van der Waals surface area contributed by atoms with Gasteiger partial charge in [0.1, 0.15) is 18.4 Å². The number of amides is 2. The topological polar surface area (TPSA) is 86.8 Å². The van der Waals surface area contributed by atoms with Gasteiger partial charge < -0.3 is 10.2 Å². The first-order valence-corrected chi connectivity index (χ1v) is 14.3. The second-order valence-electron chi connectivity index (χ2n) is 9.26. The van der Waals surface area contributed by atoms with Crippen LogP contribution in [0.5, 0.6) is 0 Å². The largest absolute Gasteiger partial charge is 0.352 e. The van der Waals surface area contributed by atoms with Crippen molar-refractivity contribution in [1.29, 1.82) is 0 Å². The van der Waals surface area contributed by atoms with Crippen LogP contribution in [0.2, 0.25) is 5.02 Å². The summed E-state index contributed by atoms with van der Waals surface area (Å²) in [6, 6.07) is 9.68. The molecule has 0 radical (unpaired) electrons. The molecule has 7 nitrogen and oxygen atoms in total. The van der Waals surface area contributed by atoms with Crippen molar-refractivity contribution in [3.63, 3.8) is 0 Å². The predicted molar refractivity (Wildman–Crippen MR) is 140 cm³/mol. The average molecular weight is 538 g/mol. The molecule has 1 aliphatic rings. The quantitative estimate of drug-likeness (QED) is 0.486. The van der Waals surface area contributed by atoms with Gasteiger partial charge in [-0.3, -0.25) is 13.9 Å². The average Bonchev–Trinajstić information content (AvgIpc) is 3.31. The van der Waals surface area contributed by atoms with Gasteiger partial charge in [0.25, 0.3) is 0 Å². The third-order valence-corrected chi connectivity index (χ3v) is 7.82. The second kappa shape index (κ2) is 12.1. The molecule has 1 aliphatic carbocycles. The lowest BCUT2D eigenvalue weighted by atomic mass is 10.1. The van der Waals surface area contributed by atoms with Crippen LogP contribution < -0.4 is 9.62 Å². The first-order chi connectivity index (χ1) is 17.0. The molecule has 1 N–H and O–H groups in total. The van der Waals surface area contributed by atoms with Crippen LogP contribution in [0.15, 0.2) is 42.5 Å². The lowest BCUT2D eigenvalue weighted by Gasteiger charge is -2.33. The monoisotopic (exact) mass is 537 g/mol. The summed E-state index contributed by atoms with van der Waals surface area (Å²) in [6.07, 6.45) is 5.25. The Hall–Kier alpha value is -2.65. The number of carbonyl (C=O) groups excluding carboxylic acids is 2. The number of hydrogen-bond acceptors (Lipinski definition) is 4. The van der Waals surface area contributed by atoms with Crippen LogP contribution in [-0.2, 0) is 26.2 Å². The van der Waals surface area contributed by atoms with Crippen molar-refractivity contribution in [3.8, 4) is 0 Å². The standard InChI is InChI=1S/C26H33ClFN3O4S/c1-4-23(26(33)29-22-7-5-6-8-22)30(16-19-9-12-21(28)13-10-19)25(32)17-31(36(3,34)35)24-14-11-20(27)15-18(24)2/h9-15,22-23H,4-8,16-17H2,1-3H3,(H,29,33). The number of anilines is 1. The first kappa shape index (κ1) is 27.9. The Labute approximate surface area is 217 Å². The number of benzene rings is 2. The van der Waals surface area contributed by atoms with Gasteiger partial charge in [0, 0.05) is 17.6 Å². The molecular formula is C26H33ClFN3O4S. The molecule has 2 aromatic rings. The minimum absolute atomic E-state index is 0.0346. The van der Waals surface area contributed by atoms with Crippen molar-refractivity contribution in [1.82, 2.24) is 10.2 Å². The summed E-state index contributed by atoms with van der Waals surface area (Å²) in [5.41, 5.74) is 1.56. The Kier molecular flexibility index (Phi) is 9.35. The molecule has 1 unspecified atom stereocenters. The van der Waals surface area contributed by atoms with Crippen LogP contribution in [0.4, 0.5) is 10.1 Å². The van der Waals surface area contributed by atoms with E-state index in [1.165, 1.54) is 17.0 Å². The Morgan fingerprint density at radius 2 is 1.78 bits per heavy atom. The molecule has 0 spiro atoms. The number of aryl methyl sites for hydroxylation is 1. The van der Waals surface area contributed by atoms with Gasteiger partial charge in [0.05, 0.1) is 11.9 Å². The molecule has 0 aromatic heterocycles. The molecule has 2 amide bonds. The van der Waals surface area contributed by atoms with E-state index in [4.69, 9.17) is 11.6 Å². The third kappa shape index (κ3) is 7.20. The number of nitrogens with one attached hydrogen (secondary N) is 1. The van der Waals surface area contributed by atoms with Crippen molar-refractivity contribution >= 4 is 39.1 Å². The van der Waals surface area contributed by atoms with Gasteiger partial charge in [-0.1, -0.05) is 43.5 Å². The highest BCUT2D eigenvalue weighted by molar-refractivity contribution is 7.92. The van der Waals surface area contributed by atoms with Crippen LogP contribution in [0, 0.1) is 12.7 Å². The van der Waals surface area contributed by atoms with Crippen molar-refractivity contribution in [2.45, 2.75) is 64.6 Å². The number of hydrogen-bond donors (Lipinski definition) is 1. The minimum atomic E-state index is -3.84. The number of sulfonamides is 1. The van der Waals surface area contributed by atoms with Crippen molar-refractivity contribution in [2.75, 3.05) is 17.1 Å². The zero-order valence-corrected chi connectivity index (χ0v) is 22.4. The van der Waals surface area contributed by atoms with Gasteiger partial charge >= 0.3 is 0 Å². The predicted octanol–water partition coefficient (Wildman–Crippen LogP) is 4.42. The highest BCUT2D eigenvalue weighted by Crippen LogP contribution is 2.26. The molecule has 3 rings (SSSR count). The maximum atomic E-state index is 13.7. The van der Waals surface area contributed by atoms with Crippen molar-refractivity contribution < 1.29 is 22.4 Å². The fourth-order valence-electron chi connectivity index (χ4n) is 4.57. The normalized spacial score (nSPS) is 14.9. The Bertz CT molecular complexity index is 1180. The summed E-state index contributed by atoms with van der Waals surface area (Å²) in [7, 11) is -3.84. The summed E-state index contributed by atoms with van der Waals surface area (Å²) >= 11 is 6.04. The van der Waals surface area contributed by atoms with Gasteiger partial charge in [-0.15, -0.1) is 0 Å². The van der Waals surface area contributed by atoms with Crippen LogP contribution in [-0.4, -0.2) is 50.0 Å². The van der Waals surface area contributed by atoms with Crippen LogP contribution in [0.1, 0.15) is 50.2 Å². The molecule has 1 saturated carbocycles. The molecule has 1 atom stereocenters. The van der Waals surface area contributed by atoms with Gasteiger partial charge in [0.15, 0.2) is 0 Å². The van der Waals surface area contributed by atoms with Gasteiger partial charge in [-0.25, -0.2) is 12.8 Å². The first-order valence-electron chi connectivity index (χ1n) is 12.1. The van der Waals surface area contributed by atoms with Crippen LogP contribution >= 0.6 is 11.6 Å². The number of nitrogens with zero attached hydrogens (tertiary/aromatic N) is 2. The van der Waals surface area contributed by atoms with E-state index < -0.39 is 34.3 Å². The van der Waals surface area contributed by atoms with E-state index in [0.717, 1.165) is 36.2 Å². The molecule has 2 aromatic carbocycles. The van der Waals surface area contributed by atoms with Gasteiger partial charge in [-0.2, -0.15) is 0 Å².